The van der Waals surface area contributed by atoms with E-state index in [9.17, 15) is 14.9 Å². The Labute approximate surface area is 170 Å². The number of nitriles is 1. The van der Waals surface area contributed by atoms with Gasteiger partial charge in [-0.2, -0.15) is 5.26 Å². The van der Waals surface area contributed by atoms with Crippen LogP contribution in [0.15, 0.2) is 11.1 Å². The minimum absolute atomic E-state index is 0.124. The summed E-state index contributed by atoms with van der Waals surface area (Å²) in [5, 5.41) is 9.96. The van der Waals surface area contributed by atoms with Gasteiger partial charge in [0.15, 0.2) is 0 Å². The molecule has 2 atom stereocenters. The molecule has 7 heteroatoms. The molecule has 2 aliphatic rings. The van der Waals surface area contributed by atoms with Crippen LogP contribution in [0.2, 0.25) is 0 Å². The molecular weight excluding hydrogens is 374 g/mol. The molecule has 0 unspecified atom stereocenters. The van der Waals surface area contributed by atoms with Crippen LogP contribution in [0.4, 0.5) is 0 Å². The van der Waals surface area contributed by atoms with Gasteiger partial charge in [-0.3, -0.25) is 4.79 Å². The second-order valence-corrected chi connectivity index (χ2v) is 8.40. The number of hydrogen-bond acceptors (Lipinski definition) is 6. The zero-order valence-corrected chi connectivity index (χ0v) is 17.4. The van der Waals surface area contributed by atoms with E-state index < -0.39 is 5.97 Å². The number of pyridine rings is 1. The van der Waals surface area contributed by atoms with Gasteiger partial charge in [-0.15, -0.1) is 0 Å². The predicted molar refractivity (Wildman–Crippen MR) is 107 cm³/mol. The molecule has 150 valence electrons. The Hall–Kier alpha value is -2.07. The van der Waals surface area contributed by atoms with Crippen molar-refractivity contribution in [1.29, 1.82) is 5.26 Å². The molecule has 1 aliphatic heterocycles. The van der Waals surface area contributed by atoms with Crippen molar-refractivity contribution in [3.63, 3.8) is 0 Å². The average molecular weight is 402 g/mol. The molecule has 3 rings (SSSR count). The molecule has 0 spiro atoms. The van der Waals surface area contributed by atoms with E-state index in [1.807, 2.05) is 0 Å². The molecule has 0 aromatic carbocycles. The minimum atomic E-state index is -0.478. The standard InChI is InChI=1S/C21H27N3O3S/c1-3-27-21(26)17-11-16(12-22)20(23-14(17)2)28-13-19(25)24-10-6-8-15-7-4-5-9-18(15)24/h11,15,18H,3-10,13H2,1-2H3/t15-,18-/m1/s1. The third-order valence-electron chi connectivity index (χ3n) is 5.69. The molecule has 1 saturated heterocycles. The Morgan fingerprint density at radius 3 is 2.82 bits per heavy atom. The number of nitrogens with zero attached hydrogens (tertiary/aromatic N) is 3. The van der Waals surface area contributed by atoms with E-state index in [1.54, 1.807) is 13.8 Å². The van der Waals surface area contributed by atoms with Crippen LogP contribution < -0.4 is 0 Å². The van der Waals surface area contributed by atoms with Crippen LogP contribution in [-0.4, -0.2) is 46.7 Å². The van der Waals surface area contributed by atoms with Crippen molar-refractivity contribution < 1.29 is 14.3 Å². The van der Waals surface area contributed by atoms with Gasteiger partial charge in [0.2, 0.25) is 5.91 Å². The molecule has 1 aromatic heterocycles. The Morgan fingerprint density at radius 1 is 1.32 bits per heavy atom. The third kappa shape index (κ3) is 4.49. The number of rotatable bonds is 5. The fraction of sp³-hybridized carbons (Fsp3) is 0.619. The van der Waals surface area contributed by atoms with Crippen molar-refractivity contribution in [3.05, 3.63) is 22.9 Å². The number of aryl methyl sites for hydroxylation is 1. The first-order chi connectivity index (χ1) is 13.5. The monoisotopic (exact) mass is 401 g/mol. The molecule has 2 heterocycles. The number of fused-ring (bicyclic) bond motifs is 1. The number of aromatic nitrogens is 1. The summed E-state index contributed by atoms with van der Waals surface area (Å²) < 4.78 is 5.02. The predicted octanol–water partition coefficient (Wildman–Crippen LogP) is 3.71. The van der Waals surface area contributed by atoms with Crippen LogP contribution in [0, 0.1) is 24.2 Å². The van der Waals surface area contributed by atoms with Crippen molar-refractivity contribution in [2.24, 2.45) is 5.92 Å². The van der Waals surface area contributed by atoms with Gasteiger partial charge in [0.25, 0.3) is 0 Å². The molecule has 0 N–H and O–H groups in total. The average Bonchev–Trinajstić information content (AvgIpc) is 2.71. The number of amides is 1. The van der Waals surface area contributed by atoms with E-state index in [0.29, 0.717) is 33.8 Å². The van der Waals surface area contributed by atoms with Crippen molar-refractivity contribution in [2.45, 2.75) is 63.4 Å². The lowest BCUT2D eigenvalue weighted by molar-refractivity contribution is -0.134. The number of carbonyl (C=O) groups is 2. The zero-order chi connectivity index (χ0) is 20.1. The quantitative estimate of drug-likeness (QED) is 0.552. The molecule has 6 nitrogen and oxygen atoms in total. The van der Waals surface area contributed by atoms with Gasteiger partial charge >= 0.3 is 5.97 Å². The fourth-order valence-electron chi connectivity index (χ4n) is 4.34. The maximum Gasteiger partial charge on any atom is 0.340 e. The second kappa shape index (κ2) is 9.42. The van der Waals surface area contributed by atoms with Gasteiger partial charge in [-0.05, 0) is 51.5 Å². The summed E-state index contributed by atoms with van der Waals surface area (Å²) in [6.07, 6.45) is 7.13. The smallest absolute Gasteiger partial charge is 0.340 e. The summed E-state index contributed by atoms with van der Waals surface area (Å²) in [6, 6.07) is 3.99. The number of piperidine rings is 1. The molecule has 1 amide bonds. The van der Waals surface area contributed by atoms with Gasteiger partial charge in [0, 0.05) is 12.6 Å². The highest BCUT2D eigenvalue weighted by Gasteiger charge is 2.35. The van der Waals surface area contributed by atoms with Gasteiger partial charge in [-0.1, -0.05) is 24.6 Å². The van der Waals surface area contributed by atoms with E-state index >= 15 is 0 Å². The number of esters is 1. The lowest BCUT2D eigenvalue weighted by Gasteiger charge is -2.44. The van der Waals surface area contributed by atoms with E-state index in [-0.39, 0.29) is 18.3 Å². The maximum atomic E-state index is 12.9. The van der Waals surface area contributed by atoms with E-state index in [2.05, 4.69) is 16.0 Å². The second-order valence-electron chi connectivity index (χ2n) is 7.44. The molecule has 0 radical (unpaired) electrons. The Balaban J connectivity index is 1.70. The van der Waals surface area contributed by atoms with Crippen molar-refractivity contribution >= 4 is 23.6 Å². The van der Waals surface area contributed by atoms with Gasteiger partial charge < -0.3 is 9.64 Å². The first-order valence-electron chi connectivity index (χ1n) is 10.1. The van der Waals surface area contributed by atoms with Crippen LogP contribution in [0.3, 0.4) is 0 Å². The SMILES string of the molecule is CCOC(=O)c1cc(C#N)c(SCC(=O)N2CCC[C@H]3CCCC[C@H]32)nc1C. The number of ether oxygens (including phenoxy) is 1. The van der Waals surface area contributed by atoms with E-state index in [4.69, 9.17) is 4.74 Å². The number of likely N-dealkylation sites (tertiary alicyclic amines) is 1. The number of thioether (sulfide) groups is 1. The van der Waals surface area contributed by atoms with Crippen LogP contribution in [0.1, 0.15) is 67.1 Å². The lowest BCUT2D eigenvalue weighted by Crippen LogP contribution is -2.50. The molecule has 1 aromatic rings. The van der Waals surface area contributed by atoms with Crippen molar-refractivity contribution in [2.75, 3.05) is 18.9 Å². The summed E-state index contributed by atoms with van der Waals surface area (Å²) in [7, 11) is 0. The molecular formula is C21H27N3O3S. The number of hydrogen-bond donors (Lipinski definition) is 0. The summed E-state index contributed by atoms with van der Waals surface area (Å²) in [5.74, 6) is 0.561. The normalized spacial score (nSPS) is 21.5. The lowest BCUT2D eigenvalue weighted by atomic mass is 9.78. The first-order valence-corrected chi connectivity index (χ1v) is 11.0. The Morgan fingerprint density at radius 2 is 2.07 bits per heavy atom. The summed E-state index contributed by atoms with van der Waals surface area (Å²) >= 11 is 1.28. The highest BCUT2D eigenvalue weighted by molar-refractivity contribution is 8.00. The first kappa shape index (κ1) is 20.7. The van der Waals surface area contributed by atoms with Crippen molar-refractivity contribution in [3.8, 4) is 6.07 Å². The van der Waals surface area contributed by atoms with E-state index in [1.165, 1.54) is 43.5 Å². The summed E-state index contributed by atoms with van der Waals surface area (Å²) in [6.45, 7) is 4.55. The fourth-order valence-corrected chi connectivity index (χ4v) is 5.22. The van der Waals surface area contributed by atoms with Gasteiger partial charge in [-0.25, -0.2) is 9.78 Å². The van der Waals surface area contributed by atoms with Crippen LogP contribution in [0.25, 0.3) is 0 Å². The zero-order valence-electron chi connectivity index (χ0n) is 16.6. The van der Waals surface area contributed by atoms with Crippen LogP contribution in [-0.2, 0) is 9.53 Å². The molecule has 0 bridgehead atoms. The molecule has 1 aliphatic carbocycles. The van der Waals surface area contributed by atoms with Crippen LogP contribution in [0.5, 0.6) is 0 Å². The van der Waals surface area contributed by atoms with Crippen LogP contribution >= 0.6 is 11.8 Å². The summed E-state index contributed by atoms with van der Waals surface area (Å²) in [4.78, 5) is 31.4. The van der Waals surface area contributed by atoms with E-state index in [0.717, 1.165) is 19.4 Å². The maximum absolute atomic E-state index is 12.9. The van der Waals surface area contributed by atoms with Gasteiger partial charge in [0.1, 0.15) is 11.1 Å². The summed E-state index contributed by atoms with van der Waals surface area (Å²) in [5.41, 5.74) is 1.12. The third-order valence-corrected chi connectivity index (χ3v) is 6.67. The topological polar surface area (TPSA) is 83.3 Å². The number of carbonyl (C=O) groups excluding carboxylic acids is 2. The van der Waals surface area contributed by atoms with Gasteiger partial charge in [0.05, 0.1) is 29.2 Å². The Kier molecular flexibility index (Phi) is 6.95. The molecule has 2 fully saturated rings. The molecule has 1 saturated carbocycles. The Bertz CT molecular complexity index is 788. The highest BCUT2D eigenvalue weighted by Crippen LogP contribution is 2.36. The largest absolute Gasteiger partial charge is 0.462 e. The molecule has 28 heavy (non-hydrogen) atoms. The highest BCUT2D eigenvalue weighted by atomic mass is 32.2. The minimum Gasteiger partial charge on any atom is -0.462 e. The van der Waals surface area contributed by atoms with Crippen molar-refractivity contribution in [1.82, 2.24) is 9.88 Å².